The molecule has 9 nitrogen and oxygen atoms in total. The topological polar surface area (TPSA) is 107 Å². The summed E-state index contributed by atoms with van der Waals surface area (Å²) in [6.07, 6.45) is 0. The second-order valence-corrected chi connectivity index (χ2v) is 5.71. The van der Waals surface area contributed by atoms with E-state index in [0.717, 1.165) is 0 Å². The Labute approximate surface area is 163 Å². The van der Waals surface area contributed by atoms with Crippen LogP contribution in [0.25, 0.3) is 0 Å². The molecule has 0 radical (unpaired) electrons. The van der Waals surface area contributed by atoms with Crippen LogP contribution in [0, 0.1) is 13.8 Å². The molecule has 9 heteroatoms. The Bertz CT molecular complexity index is 925. The number of benzene rings is 1. The zero-order valence-electron chi connectivity index (χ0n) is 16.7. The number of nitrogens with one attached hydrogen (secondary N) is 1. The second kappa shape index (κ2) is 9.45. The van der Waals surface area contributed by atoms with Crippen LogP contribution in [0.3, 0.4) is 0 Å². The van der Waals surface area contributed by atoms with E-state index in [2.05, 4.69) is 25.6 Å². The van der Waals surface area contributed by atoms with Gasteiger partial charge in [-0.1, -0.05) is 22.4 Å². The van der Waals surface area contributed by atoms with Crippen molar-refractivity contribution in [3.63, 3.8) is 0 Å². The summed E-state index contributed by atoms with van der Waals surface area (Å²) in [5.41, 5.74) is 2.43. The molecule has 148 valence electrons. The SMILES string of the molecule is CNC(=O)/C(=N/OC)c1ccccc1Oc1nc(C)nc(/C(C)=N\OC)c1C. The Kier molecular flexibility index (Phi) is 7.02. The normalized spacial score (nSPS) is 11.8. The first-order chi connectivity index (χ1) is 13.4. The van der Waals surface area contributed by atoms with Crippen molar-refractivity contribution < 1.29 is 19.2 Å². The summed E-state index contributed by atoms with van der Waals surface area (Å²) in [4.78, 5) is 30.7. The van der Waals surface area contributed by atoms with Gasteiger partial charge < -0.3 is 19.7 Å². The van der Waals surface area contributed by atoms with Gasteiger partial charge in [-0.3, -0.25) is 4.79 Å². The molecule has 0 saturated carbocycles. The Hall–Kier alpha value is -3.49. The Morgan fingerprint density at radius 1 is 1.07 bits per heavy atom. The fraction of sp³-hybridized carbons (Fsp3) is 0.316. The van der Waals surface area contributed by atoms with Crippen molar-refractivity contribution in [1.82, 2.24) is 15.3 Å². The monoisotopic (exact) mass is 385 g/mol. The van der Waals surface area contributed by atoms with Crippen molar-refractivity contribution in [3.8, 4) is 11.6 Å². The highest BCUT2D eigenvalue weighted by atomic mass is 16.6. The fourth-order valence-corrected chi connectivity index (χ4v) is 2.51. The molecule has 1 aromatic heterocycles. The highest BCUT2D eigenvalue weighted by molar-refractivity contribution is 6.45. The average molecular weight is 385 g/mol. The smallest absolute Gasteiger partial charge is 0.273 e. The van der Waals surface area contributed by atoms with Gasteiger partial charge in [0, 0.05) is 12.6 Å². The number of amides is 1. The number of nitrogens with zero attached hydrogens (tertiary/aromatic N) is 4. The molecular formula is C19H23N5O4. The highest BCUT2D eigenvalue weighted by Gasteiger charge is 2.20. The molecule has 2 rings (SSSR count). The summed E-state index contributed by atoms with van der Waals surface area (Å²) in [6.45, 7) is 5.36. The van der Waals surface area contributed by atoms with E-state index in [-0.39, 0.29) is 5.71 Å². The molecule has 28 heavy (non-hydrogen) atoms. The lowest BCUT2D eigenvalue weighted by molar-refractivity contribution is -0.114. The van der Waals surface area contributed by atoms with E-state index in [0.29, 0.717) is 40.0 Å². The lowest BCUT2D eigenvalue weighted by Gasteiger charge is -2.14. The maximum Gasteiger partial charge on any atom is 0.273 e. The number of rotatable bonds is 7. The molecule has 1 heterocycles. The molecule has 0 atom stereocenters. The molecule has 0 saturated heterocycles. The minimum absolute atomic E-state index is 0.0846. The number of para-hydroxylation sites is 1. The first-order valence-electron chi connectivity index (χ1n) is 8.46. The van der Waals surface area contributed by atoms with Gasteiger partial charge in [0.15, 0.2) is 5.71 Å². The van der Waals surface area contributed by atoms with E-state index in [1.54, 1.807) is 38.1 Å². The third-order valence-corrected chi connectivity index (χ3v) is 3.76. The number of likely N-dealkylation sites (N-methyl/N-ethyl adjacent to an activating group) is 1. The molecule has 1 N–H and O–H groups in total. The molecule has 1 amide bonds. The molecule has 0 aliphatic rings. The number of ether oxygens (including phenoxy) is 1. The second-order valence-electron chi connectivity index (χ2n) is 5.71. The molecule has 0 bridgehead atoms. The predicted molar refractivity (Wildman–Crippen MR) is 105 cm³/mol. The standard InChI is InChI=1S/C19H23N5O4/c1-11-16(12(2)23-26-5)21-13(3)22-19(11)28-15-10-8-7-9-14(15)17(24-27-6)18(25)20-4/h7-10H,1-6H3,(H,20,25)/b23-12-,24-17+. The van der Waals surface area contributed by atoms with Crippen molar-refractivity contribution >= 4 is 17.3 Å². The number of hydrogen-bond donors (Lipinski definition) is 1. The number of aromatic nitrogens is 2. The molecule has 0 aliphatic heterocycles. The first kappa shape index (κ1) is 20.8. The summed E-state index contributed by atoms with van der Waals surface area (Å²) in [5.74, 6) is 0.845. The van der Waals surface area contributed by atoms with Gasteiger partial charge in [-0.25, -0.2) is 4.98 Å². The third kappa shape index (κ3) is 4.61. The van der Waals surface area contributed by atoms with Crippen molar-refractivity contribution in [2.24, 2.45) is 10.3 Å². The Morgan fingerprint density at radius 2 is 1.75 bits per heavy atom. The van der Waals surface area contributed by atoms with Crippen LogP contribution in [0.4, 0.5) is 0 Å². The van der Waals surface area contributed by atoms with Crippen LogP contribution in [-0.4, -0.2) is 48.6 Å². The van der Waals surface area contributed by atoms with Crippen LogP contribution in [0.5, 0.6) is 11.6 Å². The lowest BCUT2D eigenvalue weighted by Crippen LogP contribution is -2.28. The number of oxime groups is 2. The maximum absolute atomic E-state index is 12.2. The third-order valence-electron chi connectivity index (χ3n) is 3.76. The molecule has 2 aromatic rings. The maximum atomic E-state index is 12.2. The molecule has 0 aliphatic carbocycles. The van der Waals surface area contributed by atoms with Gasteiger partial charge >= 0.3 is 0 Å². The summed E-state index contributed by atoms with van der Waals surface area (Å²) in [5, 5.41) is 10.3. The Morgan fingerprint density at radius 3 is 2.39 bits per heavy atom. The minimum Gasteiger partial charge on any atom is -0.438 e. The van der Waals surface area contributed by atoms with E-state index in [1.807, 2.05) is 6.92 Å². The summed E-state index contributed by atoms with van der Waals surface area (Å²) < 4.78 is 6.05. The number of carbonyl (C=O) groups is 1. The predicted octanol–water partition coefficient (Wildman–Crippen LogP) is 2.35. The average Bonchev–Trinajstić information content (AvgIpc) is 2.68. The first-order valence-corrected chi connectivity index (χ1v) is 8.46. The van der Waals surface area contributed by atoms with Gasteiger partial charge in [-0.2, -0.15) is 4.98 Å². The van der Waals surface area contributed by atoms with E-state index < -0.39 is 5.91 Å². The van der Waals surface area contributed by atoms with Crippen molar-refractivity contribution in [2.45, 2.75) is 20.8 Å². The quantitative estimate of drug-likeness (QED) is 0.579. The summed E-state index contributed by atoms with van der Waals surface area (Å²) >= 11 is 0. The summed E-state index contributed by atoms with van der Waals surface area (Å²) in [7, 11) is 4.35. The van der Waals surface area contributed by atoms with E-state index in [9.17, 15) is 4.79 Å². The number of carbonyl (C=O) groups excluding carboxylic acids is 1. The van der Waals surface area contributed by atoms with Crippen molar-refractivity contribution in [2.75, 3.05) is 21.3 Å². The van der Waals surface area contributed by atoms with Gasteiger partial charge in [-0.15, -0.1) is 0 Å². The summed E-state index contributed by atoms with van der Waals surface area (Å²) in [6, 6.07) is 6.99. The fourth-order valence-electron chi connectivity index (χ4n) is 2.51. The molecule has 0 unspecified atom stereocenters. The molecular weight excluding hydrogens is 362 g/mol. The van der Waals surface area contributed by atoms with Crippen LogP contribution < -0.4 is 10.1 Å². The van der Waals surface area contributed by atoms with Gasteiger partial charge in [0.2, 0.25) is 5.88 Å². The van der Waals surface area contributed by atoms with Crippen LogP contribution in [-0.2, 0) is 14.5 Å². The van der Waals surface area contributed by atoms with E-state index in [1.165, 1.54) is 21.3 Å². The van der Waals surface area contributed by atoms with Crippen molar-refractivity contribution in [3.05, 3.63) is 46.9 Å². The van der Waals surface area contributed by atoms with E-state index in [4.69, 9.17) is 14.4 Å². The van der Waals surface area contributed by atoms with E-state index >= 15 is 0 Å². The molecule has 0 fully saturated rings. The van der Waals surface area contributed by atoms with Crippen LogP contribution in [0.2, 0.25) is 0 Å². The largest absolute Gasteiger partial charge is 0.438 e. The highest BCUT2D eigenvalue weighted by Crippen LogP contribution is 2.28. The zero-order chi connectivity index (χ0) is 20.7. The van der Waals surface area contributed by atoms with Crippen LogP contribution >= 0.6 is 0 Å². The lowest BCUT2D eigenvalue weighted by atomic mass is 10.1. The van der Waals surface area contributed by atoms with Gasteiger partial charge in [0.25, 0.3) is 5.91 Å². The number of aryl methyl sites for hydroxylation is 1. The van der Waals surface area contributed by atoms with Crippen LogP contribution in [0.1, 0.15) is 29.6 Å². The van der Waals surface area contributed by atoms with Gasteiger partial charge in [0.05, 0.1) is 11.3 Å². The van der Waals surface area contributed by atoms with Gasteiger partial charge in [-0.05, 0) is 32.9 Å². The Balaban J connectivity index is 2.55. The zero-order valence-corrected chi connectivity index (χ0v) is 16.7. The molecule has 0 spiro atoms. The van der Waals surface area contributed by atoms with Gasteiger partial charge in [0.1, 0.15) is 31.5 Å². The minimum atomic E-state index is -0.405. The molecule has 1 aromatic carbocycles. The number of hydrogen-bond acceptors (Lipinski definition) is 8. The van der Waals surface area contributed by atoms with Crippen LogP contribution in [0.15, 0.2) is 34.6 Å². The van der Waals surface area contributed by atoms with Crippen molar-refractivity contribution in [1.29, 1.82) is 0 Å².